The van der Waals surface area contributed by atoms with E-state index in [-0.39, 0.29) is 11.3 Å². The fourth-order valence-corrected chi connectivity index (χ4v) is 3.65. The number of carbonyl (C=O) groups excluding carboxylic acids is 1. The standard InChI is InChI=1S/C25H25N3O5/c1-14-26-23(33-27-14)15-10-12-16(13-11-15)28-20(17-8-6-7-9-18(17)32-5)19(21(29)24(28)31)22(30)25(2,3)4/h6-13,29,31H,1-5H3. The van der Waals surface area contributed by atoms with Crippen molar-refractivity contribution >= 4 is 5.78 Å². The quantitative estimate of drug-likeness (QED) is 0.407. The average molecular weight is 447 g/mol. The van der Waals surface area contributed by atoms with E-state index < -0.39 is 17.0 Å². The number of aromatic nitrogens is 3. The minimum absolute atomic E-state index is 0.0288. The molecule has 0 unspecified atom stereocenters. The summed E-state index contributed by atoms with van der Waals surface area (Å²) in [5.74, 6) is 0.153. The van der Waals surface area contributed by atoms with E-state index in [1.54, 1.807) is 70.2 Å². The van der Waals surface area contributed by atoms with Crippen LogP contribution in [0.5, 0.6) is 17.4 Å². The Kier molecular flexibility index (Phi) is 5.45. The Morgan fingerprint density at radius 2 is 1.73 bits per heavy atom. The zero-order valence-electron chi connectivity index (χ0n) is 19.1. The maximum atomic E-state index is 13.4. The predicted molar refractivity (Wildman–Crippen MR) is 123 cm³/mol. The van der Waals surface area contributed by atoms with Gasteiger partial charge in [0.1, 0.15) is 5.75 Å². The highest BCUT2D eigenvalue weighted by Gasteiger charge is 2.35. The summed E-state index contributed by atoms with van der Waals surface area (Å²) < 4.78 is 12.2. The fourth-order valence-electron chi connectivity index (χ4n) is 3.65. The molecular weight excluding hydrogens is 422 g/mol. The van der Waals surface area contributed by atoms with Crippen molar-refractivity contribution in [2.45, 2.75) is 27.7 Å². The number of rotatable bonds is 5. The first-order valence-corrected chi connectivity index (χ1v) is 10.4. The van der Waals surface area contributed by atoms with Gasteiger partial charge < -0.3 is 19.5 Å². The molecule has 4 aromatic rings. The van der Waals surface area contributed by atoms with Crippen LogP contribution in [0.25, 0.3) is 28.4 Å². The van der Waals surface area contributed by atoms with Crippen LogP contribution in [0.3, 0.4) is 0 Å². The first-order chi connectivity index (χ1) is 15.6. The molecule has 2 N–H and O–H groups in total. The smallest absolute Gasteiger partial charge is 0.257 e. The maximum absolute atomic E-state index is 13.4. The van der Waals surface area contributed by atoms with E-state index in [0.29, 0.717) is 40.0 Å². The summed E-state index contributed by atoms with van der Waals surface area (Å²) in [5, 5.41) is 25.7. The van der Waals surface area contributed by atoms with Crippen molar-refractivity contribution in [3.05, 3.63) is 59.9 Å². The maximum Gasteiger partial charge on any atom is 0.257 e. The Labute approximate surface area is 191 Å². The fraction of sp³-hybridized carbons (Fsp3) is 0.240. The zero-order chi connectivity index (χ0) is 23.9. The Hall–Kier alpha value is -4.07. The molecule has 0 atom stereocenters. The minimum Gasteiger partial charge on any atom is -0.503 e. The van der Waals surface area contributed by atoms with Crippen molar-refractivity contribution in [1.29, 1.82) is 0 Å². The van der Waals surface area contributed by atoms with E-state index in [9.17, 15) is 15.0 Å². The van der Waals surface area contributed by atoms with Crippen molar-refractivity contribution in [2.24, 2.45) is 5.41 Å². The van der Waals surface area contributed by atoms with Gasteiger partial charge in [0.05, 0.1) is 18.4 Å². The molecule has 8 heteroatoms. The highest BCUT2D eigenvalue weighted by atomic mass is 16.5. The van der Waals surface area contributed by atoms with Crippen LogP contribution < -0.4 is 4.74 Å². The second kappa shape index (κ2) is 8.12. The number of ether oxygens (including phenoxy) is 1. The van der Waals surface area contributed by atoms with Crippen LogP contribution in [0, 0.1) is 12.3 Å². The Morgan fingerprint density at radius 1 is 1.06 bits per heavy atom. The van der Waals surface area contributed by atoms with E-state index in [4.69, 9.17) is 9.26 Å². The lowest BCUT2D eigenvalue weighted by molar-refractivity contribution is 0.0856. The molecule has 0 fully saturated rings. The molecule has 0 amide bonds. The Balaban J connectivity index is 1.98. The number of ketones is 1. The molecule has 8 nitrogen and oxygen atoms in total. The highest BCUT2D eigenvalue weighted by molar-refractivity contribution is 6.08. The van der Waals surface area contributed by atoms with Gasteiger partial charge in [0.2, 0.25) is 5.88 Å². The molecule has 0 spiro atoms. The molecule has 0 saturated heterocycles. The molecule has 0 aliphatic carbocycles. The summed E-state index contributed by atoms with van der Waals surface area (Å²) in [7, 11) is 1.53. The van der Waals surface area contributed by atoms with Crippen LogP contribution in [0.4, 0.5) is 0 Å². The second-order valence-corrected chi connectivity index (χ2v) is 8.70. The largest absolute Gasteiger partial charge is 0.503 e. The monoisotopic (exact) mass is 447 g/mol. The molecule has 170 valence electrons. The first-order valence-electron chi connectivity index (χ1n) is 10.4. The molecule has 0 aliphatic heterocycles. The van der Waals surface area contributed by atoms with Crippen LogP contribution >= 0.6 is 0 Å². The van der Waals surface area contributed by atoms with Crippen LogP contribution in [0.2, 0.25) is 0 Å². The van der Waals surface area contributed by atoms with Crippen molar-refractivity contribution < 1.29 is 24.3 Å². The number of Topliss-reactive ketones (excluding diaryl/α,β-unsaturated/α-hetero) is 1. The summed E-state index contributed by atoms with van der Waals surface area (Å²) in [4.78, 5) is 17.6. The predicted octanol–water partition coefficient (Wildman–Crippen LogP) is 5.15. The summed E-state index contributed by atoms with van der Waals surface area (Å²) in [6.45, 7) is 7.01. The molecule has 2 heterocycles. The Bertz CT molecular complexity index is 1330. The van der Waals surface area contributed by atoms with Gasteiger partial charge in [-0.3, -0.25) is 9.36 Å². The number of nitrogens with zero attached hydrogens (tertiary/aromatic N) is 3. The number of aryl methyl sites for hydroxylation is 1. The number of aromatic hydroxyl groups is 2. The molecule has 0 radical (unpaired) electrons. The van der Waals surface area contributed by atoms with Crippen molar-refractivity contribution in [1.82, 2.24) is 14.7 Å². The summed E-state index contributed by atoms with van der Waals surface area (Å²) in [5.41, 5.74) is 1.34. The topological polar surface area (TPSA) is 111 Å². The molecule has 4 rings (SSSR count). The normalized spacial score (nSPS) is 11.5. The molecule has 2 aromatic heterocycles. The number of hydrogen-bond donors (Lipinski definition) is 2. The summed E-state index contributed by atoms with van der Waals surface area (Å²) in [6, 6.07) is 14.1. The van der Waals surface area contributed by atoms with Crippen LogP contribution in [0.15, 0.2) is 53.1 Å². The summed E-state index contributed by atoms with van der Waals surface area (Å²) >= 11 is 0. The van der Waals surface area contributed by atoms with Crippen LogP contribution in [-0.2, 0) is 0 Å². The van der Waals surface area contributed by atoms with Crippen molar-refractivity contribution in [3.63, 3.8) is 0 Å². The van der Waals surface area contributed by atoms with Gasteiger partial charge in [-0.1, -0.05) is 38.1 Å². The third-order valence-corrected chi connectivity index (χ3v) is 5.29. The lowest BCUT2D eigenvalue weighted by Gasteiger charge is -2.19. The third kappa shape index (κ3) is 3.84. The molecular formula is C25H25N3O5. The summed E-state index contributed by atoms with van der Waals surface area (Å²) in [6.07, 6.45) is 0. The van der Waals surface area contributed by atoms with Gasteiger partial charge in [0, 0.05) is 22.2 Å². The van der Waals surface area contributed by atoms with E-state index in [1.165, 1.54) is 11.7 Å². The highest BCUT2D eigenvalue weighted by Crippen LogP contribution is 2.47. The van der Waals surface area contributed by atoms with Crippen LogP contribution in [-0.4, -0.2) is 37.8 Å². The van der Waals surface area contributed by atoms with Gasteiger partial charge in [-0.2, -0.15) is 4.98 Å². The SMILES string of the molecule is COc1ccccc1-c1c(C(=O)C(C)(C)C)c(O)c(O)n1-c1ccc(-c2nc(C)no2)cc1. The average Bonchev–Trinajstić information content (AvgIpc) is 3.34. The van der Waals surface area contributed by atoms with E-state index in [2.05, 4.69) is 10.1 Å². The number of hydrogen-bond acceptors (Lipinski definition) is 7. The lowest BCUT2D eigenvalue weighted by Crippen LogP contribution is -2.21. The van der Waals surface area contributed by atoms with E-state index >= 15 is 0 Å². The van der Waals surface area contributed by atoms with Gasteiger partial charge in [-0.05, 0) is 43.3 Å². The number of para-hydroxylation sites is 1. The Morgan fingerprint density at radius 3 is 2.30 bits per heavy atom. The van der Waals surface area contributed by atoms with E-state index in [1.807, 2.05) is 6.07 Å². The molecule has 0 bridgehead atoms. The first kappa shape index (κ1) is 22.1. The third-order valence-electron chi connectivity index (χ3n) is 5.29. The van der Waals surface area contributed by atoms with Gasteiger partial charge in [0.25, 0.3) is 5.89 Å². The number of carbonyl (C=O) groups is 1. The minimum atomic E-state index is -0.799. The van der Waals surface area contributed by atoms with E-state index in [0.717, 1.165) is 0 Å². The molecule has 2 aromatic carbocycles. The van der Waals surface area contributed by atoms with Crippen LogP contribution in [0.1, 0.15) is 37.0 Å². The molecule has 33 heavy (non-hydrogen) atoms. The van der Waals surface area contributed by atoms with Crippen molar-refractivity contribution in [2.75, 3.05) is 7.11 Å². The van der Waals surface area contributed by atoms with Gasteiger partial charge in [0.15, 0.2) is 17.4 Å². The molecule has 0 saturated carbocycles. The van der Waals surface area contributed by atoms with Gasteiger partial charge in [-0.15, -0.1) is 0 Å². The van der Waals surface area contributed by atoms with Gasteiger partial charge >= 0.3 is 0 Å². The second-order valence-electron chi connectivity index (χ2n) is 8.70. The van der Waals surface area contributed by atoms with Gasteiger partial charge in [-0.25, -0.2) is 0 Å². The van der Waals surface area contributed by atoms with Crippen molar-refractivity contribution in [3.8, 4) is 45.8 Å². The number of methoxy groups -OCH3 is 1. The zero-order valence-corrected chi connectivity index (χ0v) is 19.1. The lowest BCUT2D eigenvalue weighted by atomic mass is 9.85. The number of benzene rings is 2. The molecule has 0 aliphatic rings.